The number of unbranched alkanes of at least 4 members (excludes halogenated alkanes) is 4. The molecule has 2 nitrogen and oxygen atoms in total. The molecular formula is C14H19BrO2. The lowest BCUT2D eigenvalue weighted by Gasteiger charge is -2.04. The molecule has 0 aliphatic heterocycles. The zero-order valence-corrected chi connectivity index (χ0v) is 11.8. The minimum absolute atomic E-state index is 0.135. The monoisotopic (exact) mass is 298 g/mol. The van der Waals surface area contributed by atoms with Crippen molar-refractivity contribution >= 4 is 21.9 Å². The first-order valence-electron chi connectivity index (χ1n) is 6.18. The van der Waals surface area contributed by atoms with Crippen LogP contribution in [0.2, 0.25) is 0 Å². The average molecular weight is 299 g/mol. The fourth-order valence-electron chi connectivity index (χ4n) is 1.56. The Bertz CT molecular complexity index is 333. The summed E-state index contributed by atoms with van der Waals surface area (Å²) in [5.74, 6) is 0.482. The maximum absolute atomic E-state index is 11.5. The van der Waals surface area contributed by atoms with E-state index < -0.39 is 0 Å². The van der Waals surface area contributed by atoms with Gasteiger partial charge in [0.2, 0.25) is 0 Å². The number of hydrogen-bond acceptors (Lipinski definition) is 2. The van der Waals surface area contributed by atoms with Crippen molar-refractivity contribution in [1.82, 2.24) is 0 Å². The third kappa shape index (κ3) is 6.47. The van der Waals surface area contributed by atoms with Gasteiger partial charge in [0.05, 0.1) is 0 Å². The average Bonchev–Trinajstić information content (AvgIpc) is 2.32. The summed E-state index contributed by atoms with van der Waals surface area (Å²) in [4.78, 5) is 11.5. The summed E-state index contributed by atoms with van der Waals surface area (Å²) in [7, 11) is 0. The van der Waals surface area contributed by atoms with Crippen LogP contribution in [0.3, 0.4) is 0 Å². The summed E-state index contributed by atoms with van der Waals surface area (Å²) in [6.07, 6.45) is 6.24. The molecule has 1 aromatic carbocycles. The molecule has 0 aromatic heterocycles. The van der Waals surface area contributed by atoms with Crippen molar-refractivity contribution in [2.45, 2.75) is 45.4 Å². The van der Waals surface area contributed by atoms with Gasteiger partial charge < -0.3 is 4.74 Å². The lowest BCUT2D eigenvalue weighted by Crippen LogP contribution is -2.07. The van der Waals surface area contributed by atoms with E-state index in [1.54, 1.807) is 12.1 Å². The number of rotatable bonds is 7. The topological polar surface area (TPSA) is 26.3 Å². The number of halogens is 1. The fourth-order valence-corrected chi connectivity index (χ4v) is 1.82. The van der Waals surface area contributed by atoms with E-state index in [1.807, 2.05) is 12.1 Å². The molecule has 0 amide bonds. The first-order valence-corrected chi connectivity index (χ1v) is 6.98. The predicted octanol–water partition coefficient (Wildman–Crippen LogP) is 4.72. The molecule has 17 heavy (non-hydrogen) atoms. The van der Waals surface area contributed by atoms with Gasteiger partial charge in [0.15, 0.2) is 0 Å². The molecule has 0 aliphatic carbocycles. The van der Waals surface area contributed by atoms with Gasteiger partial charge in [-0.1, -0.05) is 48.5 Å². The molecular weight excluding hydrogens is 280 g/mol. The summed E-state index contributed by atoms with van der Waals surface area (Å²) >= 11 is 3.34. The van der Waals surface area contributed by atoms with Gasteiger partial charge in [0.1, 0.15) is 5.75 Å². The highest BCUT2D eigenvalue weighted by Crippen LogP contribution is 2.17. The Morgan fingerprint density at radius 2 is 1.76 bits per heavy atom. The maximum Gasteiger partial charge on any atom is 0.311 e. The second-order valence-electron chi connectivity index (χ2n) is 4.09. The van der Waals surface area contributed by atoms with Crippen molar-refractivity contribution in [3.8, 4) is 5.75 Å². The Morgan fingerprint density at radius 3 is 2.41 bits per heavy atom. The second-order valence-corrected chi connectivity index (χ2v) is 5.01. The molecule has 0 radical (unpaired) electrons. The van der Waals surface area contributed by atoms with Crippen molar-refractivity contribution in [3.05, 3.63) is 28.7 Å². The molecule has 1 rings (SSSR count). The molecule has 3 heteroatoms. The lowest BCUT2D eigenvalue weighted by molar-refractivity contribution is -0.134. The first-order chi connectivity index (χ1) is 8.22. The quantitative estimate of drug-likeness (QED) is 0.414. The molecule has 0 unspecified atom stereocenters. The van der Waals surface area contributed by atoms with Gasteiger partial charge in [0, 0.05) is 10.9 Å². The van der Waals surface area contributed by atoms with Crippen LogP contribution in [0.1, 0.15) is 45.4 Å². The molecule has 1 aromatic rings. The molecule has 0 aliphatic rings. The van der Waals surface area contributed by atoms with Crippen molar-refractivity contribution < 1.29 is 9.53 Å². The highest BCUT2D eigenvalue weighted by atomic mass is 79.9. The number of ether oxygens (including phenoxy) is 1. The third-order valence-electron chi connectivity index (χ3n) is 2.53. The van der Waals surface area contributed by atoms with E-state index in [1.165, 1.54) is 19.3 Å². The minimum Gasteiger partial charge on any atom is -0.427 e. The summed E-state index contributed by atoms with van der Waals surface area (Å²) in [6.45, 7) is 2.18. The molecule has 0 saturated carbocycles. The Balaban J connectivity index is 2.18. The largest absolute Gasteiger partial charge is 0.427 e. The van der Waals surface area contributed by atoms with Gasteiger partial charge in [-0.15, -0.1) is 0 Å². The highest BCUT2D eigenvalue weighted by molar-refractivity contribution is 9.10. The van der Waals surface area contributed by atoms with Crippen LogP contribution in [0.25, 0.3) is 0 Å². The highest BCUT2D eigenvalue weighted by Gasteiger charge is 2.04. The molecule has 0 saturated heterocycles. The van der Waals surface area contributed by atoms with E-state index in [2.05, 4.69) is 22.9 Å². The number of carbonyl (C=O) groups excluding carboxylic acids is 1. The third-order valence-corrected chi connectivity index (χ3v) is 3.06. The summed E-state index contributed by atoms with van der Waals surface area (Å²) in [5.41, 5.74) is 0. The van der Waals surface area contributed by atoms with Crippen LogP contribution in [0.5, 0.6) is 5.75 Å². The van der Waals surface area contributed by atoms with Gasteiger partial charge in [-0.2, -0.15) is 0 Å². The van der Waals surface area contributed by atoms with Crippen LogP contribution in [0.4, 0.5) is 0 Å². The van der Waals surface area contributed by atoms with E-state index in [9.17, 15) is 4.79 Å². The zero-order chi connectivity index (χ0) is 12.5. The Hall–Kier alpha value is -0.830. The maximum atomic E-state index is 11.5. The van der Waals surface area contributed by atoms with E-state index in [4.69, 9.17) is 4.74 Å². The van der Waals surface area contributed by atoms with Crippen molar-refractivity contribution in [2.24, 2.45) is 0 Å². The number of benzene rings is 1. The number of esters is 1. The Labute approximate surface area is 111 Å². The van der Waals surface area contributed by atoms with E-state index in [0.717, 1.165) is 17.3 Å². The van der Waals surface area contributed by atoms with Crippen LogP contribution in [0, 0.1) is 0 Å². The fraction of sp³-hybridized carbons (Fsp3) is 0.500. The van der Waals surface area contributed by atoms with Gasteiger partial charge in [-0.25, -0.2) is 0 Å². The second kappa shape index (κ2) is 8.29. The van der Waals surface area contributed by atoms with Gasteiger partial charge in [-0.05, 0) is 30.7 Å². The molecule has 0 spiro atoms. The first kappa shape index (κ1) is 14.2. The summed E-state index contributed by atoms with van der Waals surface area (Å²) in [6, 6.07) is 7.31. The molecule has 0 atom stereocenters. The molecule has 94 valence electrons. The van der Waals surface area contributed by atoms with Gasteiger partial charge in [0.25, 0.3) is 0 Å². The minimum atomic E-state index is -0.135. The summed E-state index contributed by atoms with van der Waals surface area (Å²) < 4.78 is 6.20. The normalized spacial score (nSPS) is 10.2. The number of hydrogen-bond donors (Lipinski definition) is 0. The van der Waals surface area contributed by atoms with Crippen LogP contribution in [-0.4, -0.2) is 5.97 Å². The van der Waals surface area contributed by atoms with E-state index in [0.29, 0.717) is 12.2 Å². The SMILES string of the molecule is CCCCCCCC(=O)Oc1ccc(Br)cc1. The Morgan fingerprint density at radius 1 is 1.12 bits per heavy atom. The standard InChI is InChI=1S/C14H19BrO2/c1-2-3-4-5-6-7-14(16)17-13-10-8-12(15)9-11-13/h8-11H,2-7H2,1H3. The molecule has 0 heterocycles. The smallest absolute Gasteiger partial charge is 0.311 e. The van der Waals surface area contributed by atoms with Crippen LogP contribution < -0.4 is 4.74 Å². The van der Waals surface area contributed by atoms with E-state index >= 15 is 0 Å². The predicted molar refractivity (Wildman–Crippen MR) is 73.2 cm³/mol. The van der Waals surface area contributed by atoms with E-state index in [-0.39, 0.29) is 5.97 Å². The molecule has 0 bridgehead atoms. The number of carbonyl (C=O) groups is 1. The van der Waals surface area contributed by atoms with Gasteiger partial charge in [-0.3, -0.25) is 4.79 Å². The van der Waals surface area contributed by atoms with Crippen LogP contribution in [-0.2, 0) is 4.79 Å². The van der Waals surface area contributed by atoms with Crippen molar-refractivity contribution in [2.75, 3.05) is 0 Å². The zero-order valence-electron chi connectivity index (χ0n) is 10.2. The molecule has 0 fully saturated rings. The summed E-state index contributed by atoms with van der Waals surface area (Å²) in [5, 5.41) is 0. The van der Waals surface area contributed by atoms with Crippen LogP contribution in [0.15, 0.2) is 28.7 Å². The van der Waals surface area contributed by atoms with Crippen LogP contribution >= 0.6 is 15.9 Å². The van der Waals surface area contributed by atoms with Crippen molar-refractivity contribution in [3.63, 3.8) is 0 Å². The Kier molecular flexibility index (Phi) is 6.94. The van der Waals surface area contributed by atoms with Crippen molar-refractivity contribution in [1.29, 1.82) is 0 Å². The molecule has 0 N–H and O–H groups in total. The van der Waals surface area contributed by atoms with Gasteiger partial charge >= 0.3 is 5.97 Å². The lowest BCUT2D eigenvalue weighted by atomic mass is 10.1.